The van der Waals surface area contributed by atoms with Crippen LogP contribution < -0.4 is 0 Å². The predicted octanol–water partition coefficient (Wildman–Crippen LogP) is 9.97. The van der Waals surface area contributed by atoms with E-state index in [-0.39, 0.29) is 26.3 Å². The van der Waals surface area contributed by atoms with Gasteiger partial charge in [-0.2, -0.15) is 0 Å². The summed E-state index contributed by atoms with van der Waals surface area (Å²) in [5.41, 5.74) is 0. The largest absolute Gasteiger partial charge is 0.464 e. The number of hydrogen-bond donors (Lipinski definition) is 0. The molecule has 0 saturated heterocycles. The van der Waals surface area contributed by atoms with Crippen LogP contribution in [0.2, 0.25) is 0 Å². The van der Waals surface area contributed by atoms with Crippen molar-refractivity contribution in [3.8, 4) is 0 Å². The molecule has 2 amide bonds. The minimum atomic E-state index is -0.535. The van der Waals surface area contributed by atoms with Gasteiger partial charge < -0.3 is 23.8 Å². The SMILES string of the molecule is CCCCCC(CCCCC)COC(=O)CN(CCC)C(=O)OCCN(CCOC(=O)N(CCC)CC(=O)OCC(CCCCC)CCCCC)CCN(CC)CC. The number of ether oxygens (including phenoxy) is 4. The number of unbranched alkanes of at least 4 members (excludes halogenated alkanes) is 8. The zero-order valence-electron chi connectivity index (χ0n) is 38.8. The highest BCUT2D eigenvalue weighted by molar-refractivity contribution is 5.78. The second-order valence-electron chi connectivity index (χ2n) is 16.0. The number of carbonyl (C=O) groups excluding carboxylic acids is 4. The van der Waals surface area contributed by atoms with E-state index in [1.165, 1.54) is 35.5 Å². The van der Waals surface area contributed by atoms with Crippen molar-refractivity contribution in [3.05, 3.63) is 0 Å². The Kier molecular flexibility index (Phi) is 36.9. The van der Waals surface area contributed by atoms with Crippen molar-refractivity contribution in [1.82, 2.24) is 19.6 Å². The number of amides is 2. The van der Waals surface area contributed by atoms with Gasteiger partial charge in [0.05, 0.1) is 13.2 Å². The van der Waals surface area contributed by atoms with Crippen molar-refractivity contribution in [1.29, 1.82) is 0 Å². The number of carbonyl (C=O) groups is 4. The molecule has 58 heavy (non-hydrogen) atoms. The van der Waals surface area contributed by atoms with Crippen LogP contribution in [0.25, 0.3) is 0 Å². The highest BCUT2D eigenvalue weighted by Gasteiger charge is 2.23. The van der Waals surface area contributed by atoms with Crippen molar-refractivity contribution in [2.24, 2.45) is 11.8 Å². The molecule has 0 aliphatic heterocycles. The number of likely N-dealkylation sites (N-methyl/N-ethyl adjacent to an activating group) is 1. The van der Waals surface area contributed by atoms with Crippen molar-refractivity contribution in [2.75, 3.05) is 91.9 Å². The fourth-order valence-corrected chi connectivity index (χ4v) is 7.05. The third kappa shape index (κ3) is 29.6. The normalized spacial score (nSPS) is 11.4. The summed E-state index contributed by atoms with van der Waals surface area (Å²) in [5, 5.41) is 0. The molecule has 342 valence electrons. The molecule has 0 saturated carbocycles. The van der Waals surface area contributed by atoms with Crippen molar-refractivity contribution >= 4 is 24.1 Å². The quantitative estimate of drug-likeness (QED) is 0.0337. The lowest BCUT2D eigenvalue weighted by atomic mass is 9.96. The number of rotatable bonds is 39. The molecule has 0 atom stereocenters. The van der Waals surface area contributed by atoms with Crippen LogP contribution in [-0.4, -0.2) is 136 Å². The second-order valence-corrected chi connectivity index (χ2v) is 16.0. The van der Waals surface area contributed by atoms with Crippen molar-refractivity contribution in [2.45, 2.75) is 171 Å². The fraction of sp³-hybridized carbons (Fsp3) is 0.913. The number of hydrogen-bond acceptors (Lipinski definition) is 10. The molecule has 12 heteroatoms. The Morgan fingerprint density at radius 2 is 0.741 bits per heavy atom. The maximum absolute atomic E-state index is 13.2. The van der Waals surface area contributed by atoms with E-state index in [1.807, 2.05) is 13.8 Å². The van der Waals surface area contributed by atoms with Crippen LogP contribution in [-0.2, 0) is 28.5 Å². The monoisotopic (exact) mass is 827 g/mol. The summed E-state index contributed by atoms with van der Waals surface area (Å²) in [6.07, 6.45) is 18.4. The molecule has 0 rings (SSSR count). The Bertz CT molecular complexity index is 924. The van der Waals surface area contributed by atoms with Gasteiger partial charge in [0, 0.05) is 39.3 Å². The lowest BCUT2D eigenvalue weighted by Gasteiger charge is -2.27. The first-order valence-corrected chi connectivity index (χ1v) is 23.7. The molecule has 0 aromatic heterocycles. The molecule has 0 heterocycles. The first-order chi connectivity index (χ1) is 28.1. The zero-order valence-corrected chi connectivity index (χ0v) is 38.8. The maximum atomic E-state index is 13.2. The van der Waals surface area contributed by atoms with Gasteiger partial charge in [0.2, 0.25) is 0 Å². The predicted molar refractivity (Wildman–Crippen MR) is 236 cm³/mol. The molecule has 0 aliphatic carbocycles. The van der Waals surface area contributed by atoms with E-state index in [2.05, 4.69) is 51.3 Å². The molecule has 12 nitrogen and oxygen atoms in total. The number of nitrogens with zero attached hydrogens (tertiary/aromatic N) is 4. The van der Waals surface area contributed by atoms with Gasteiger partial charge in [-0.3, -0.25) is 24.3 Å². The molecule has 0 aliphatic rings. The Balaban J connectivity index is 5.23. The second kappa shape index (κ2) is 38.6. The number of esters is 2. The van der Waals surface area contributed by atoms with Crippen molar-refractivity contribution in [3.63, 3.8) is 0 Å². The molecule has 0 bridgehead atoms. The summed E-state index contributed by atoms with van der Waals surface area (Å²) < 4.78 is 22.8. The van der Waals surface area contributed by atoms with Gasteiger partial charge in [0.25, 0.3) is 0 Å². The van der Waals surface area contributed by atoms with E-state index in [0.29, 0.717) is 70.6 Å². The standard InChI is InChI=1S/C46H90N4O8/c1-9-17-21-25-41(26-22-18-10-2)39-57-43(51)37-49(29-13-5)45(53)55-35-33-48(32-31-47(15-7)16-8)34-36-56-46(54)50(30-14-6)38-44(52)58-40-42(27-23-19-11-3)28-24-20-12-4/h41-42H,9-40H2,1-8H3. The van der Waals surface area contributed by atoms with Gasteiger partial charge in [-0.25, -0.2) is 9.59 Å². The summed E-state index contributed by atoms with van der Waals surface area (Å²) in [5.74, 6) is -0.0966. The molecule has 0 N–H and O–H groups in total. The summed E-state index contributed by atoms with van der Waals surface area (Å²) in [7, 11) is 0. The molecule has 0 aromatic carbocycles. The van der Waals surface area contributed by atoms with Crippen LogP contribution in [0.1, 0.15) is 171 Å². The lowest BCUT2D eigenvalue weighted by molar-refractivity contribution is -0.147. The fourth-order valence-electron chi connectivity index (χ4n) is 7.05. The molecule has 0 fully saturated rings. The van der Waals surface area contributed by atoms with Gasteiger partial charge in [-0.1, -0.05) is 132 Å². The average Bonchev–Trinajstić information content (AvgIpc) is 3.21. The van der Waals surface area contributed by atoms with Crippen LogP contribution in [0, 0.1) is 11.8 Å². The van der Waals surface area contributed by atoms with E-state index < -0.39 is 24.1 Å². The highest BCUT2D eigenvalue weighted by Crippen LogP contribution is 2.19. The van der Waals surface area contributed by atoms with Gasteiger partial charge in [-0.15, -0.1) is 0 Å². The Labute approximate surface area is 355 Å². The summed E-state index contributed by atoms with van der Waals surface area (Å²) >= 11 is 0. The molecule has 0 radical (unpaired) electrons. The van der Waals surface area contributed by atoms with Gasteiger partial charge in [-0.05, 0) is 63.5 Å². The van der Waals surface area contributed by atoms with Crippen LogP contribution in [0.3, 0.4) is 0 Å². The molecule has 0 unspecified atom stereocenters. The van der Waals surface area contributed by atoms with E-state index in [9.17, 15) is 19.2 Å². The van der Waals surface area contributed by atoms with Crippen LogP contribution >= 0.6 is 0 Å². The minimum Gasteiger partial charge on any atom is -0.464 e. The maximum Gasteiger partial charge on any atom is 0.410 e. The van der Waals surface area contributed by atoms with Crippen LogP contribution in [0.5, 0.6) is 0 Å². The Morgan fingerprint density at radius 1 is 0.397 bits per heavy atom. The zero-order chi connectivity index (χ0) is 43.2. The van der Waals surface area contributed by atoms with Gasteiger partial charge in [0.1, 0.15) is 26.3 Å². The Morgan fingerprint density at radius 3 is 1.05 bits per heavy atom. The third-order valence-electron chi connectivity index (χ3n) is 10.9. The first-order valence-electron chi connectivity index (χ1n) is 23.7. The van der Waals surface area contributed by atoms with Crippen LogP contribution in [0.4, 0.5) is 9.59 Å². The summed E-state index contributed by atoms with van der Waals surface area (Å²) in [6, 6.07) is 0. The molecular weight excluding hydrogens is 737 g/mol. The lowest BCUT2D eigenvalue weighted by Crippen LogP contribution is -2.42. The highest BCUT2D eigenvalue weighted by atomic mass is 16.6. The van der Waals surface area contributed by atoms with Gasteiger partial charge in [0.15, 0.2) is 0 Å². The minimum absolute atomic E-state index is 0.128. The third-order valence-corrected chi connectivity index (χ3v) is 10.9. The first kappa shape index (κ1) is 55.4. The van der Waals surface area contributed by atoms with E-state index in [0.717, 1.165) is 96.7 Å². The van der Waals surface area contributed by atoms with Crippen LogP contribution in [0.15, 0.2) is 0 Å². The molecule has 0 spiro atoms. The van der Waals surface area contributed by atoms with E-state index in [4.69, 9.17) is 18.9 Å². The molecule has 0 aromatic rings. The average molecular weight is 827 g/mol. The topological polar surface area (TPSA) is 118 Å². The summed E-state index contributed by atoms with van der Waals surface area (Å²) in [6.45, 7) is 22.7. The summed E-state index contributed by atoms with van der Waals surface area (Å²) in [4.78, 5) is 59.4. The van der Waals surface area contributed by atoms with E-state index >= 15 is 0 Å². The Hall–Kier alpha value is -2.60. The smallest absolute Gasteiger partial charge is 0.410 e. The van der Waals surface area contributed by atoms with Crippen molar-refractivity contribution < 1.29 is 38.1 Å². The molecular formula is C46H90N4O8. The van der Waals surface area contributed by atoms with E-state index in [1.54, 1.807) is 0 Å². The van der Waals surface area contributed by atoms with Gasteiger partial charge >= 0.3 is 24.1 Å².